The number of amides is 1. The largest absolute Gasteiger partial charge is 0.417 e. The first kappa shape index (κ1) is 20.9. The maximum atomic E-state index is 13.1. The Kier molecular flexibility index (Phi) is 5.96. The predicted octanol–water partition coefficient (Wildman–Crippen LogP) is 3.58. The zero-order valence-electron chi connectivity index (χ0n) is 15.0. The first-order chi connectivity index (χ1) is 12.4. The van der Waals surface area contributed by atoms with E-state index < -0.39 is 39.1 Å². The van der Waals surface area contributed by atoms with Gasteiger partial charge in [0.2, 0.25) is 15.9 Å². The highest BCUT2D eigenvalue weighted by Crippen LogP contribution is 2.34. The van der Waals surface area contributed by atoms with Crippen LogP contribution in [0, 0.1) is 13.8 Å². The van der Waals surface area contributed by atoms with E-state index in [-0.39, 0.29) is 0 Å². The Morgan fingerprint density at radius 2 is 1.70 bits per heavy atom. The highest BCUT2D eigenvalue weighted by atomic mass is 32.2. The van der Waals surface area contributed by atoms with E-state index in [0.29, 0.717) is 16.1 Å². The van der Waals surface area contributed by atoms with E-state index in [9.17, 15) is 26.4 Å². The molecule has 0 fully saturated rings. The number of rotatable bonds is 5. The van der Waals surface area contributed by atoms with Crippen LogP contribution in [-0.4, -0.2) is 32.2 Å². The second-order valence-corrected chi connectivity index (χ2v) is 8.06. The third kappa shape index (κ3) is 4.67. The van der Waals surface area contributed by atoms with Gasteiger partial charge in [0.15, 0.2) is 0 Å². The monoisotopic (exact) mass is 400 g/mol. The van der Waals surface area contributed by atoms with Gasteiger partial charge in [0, 0.05) is 12.7 Å². The molecule has 2 aromatic carbocycles. The summed E-state index contributed by atoms with van der Waals surface area (Å²) >= 11 is 0. The Balaban J connectivity index is 2.23. The zero-order chi connectivity index (χ0) is 20.4. The molecule has 0 saturated heterocycles. The third-order valence-electron chi connectivity index (χ3n) is 4.13. The molecule has 0 unspecified atom stereocenters. The summed E-state index contributed by atoms with van der Waals surface area (Å²) in [5.41, 5.74) is 1.000. The second-order valence-electron chi connectivity index (χ2n) is 6.05. The summed E-state index contributed by atoms with van der Waals surface area (Å²) in [6, 6.07) is 9.12. The van der Waals surface area contributed by atoms with Crippen LogP contribution in [0.3, 0.4) is 0 Å². The smallest absolute Gasteiger partial charge is 0.325 e. The van der Waals surface area contributed by atoms with Gasteiger partial charge in [0.1, 0.15) is 0 Å². The summed E-state index contributed by atoms with van der Waals surface area (Å²) < 4.78 is 65.0. The molecule has 0 spiro atoms. The van der Waals surface area contributed by atoms with Gasteiger partial charge in [-0.3, -0.25) is 4.79 Å². The first-order valence-corrected chi connectivity index (χ1v) is 9.37. The lowest BCUT2D eigenvalue weighted by molar-refractivity contribution is -0.139. The average Bonchev–Trinajstić information content (AvgIpc) is 2.58. The van der Waals surface area contributed by atoms with Gasteiger partial charge in [-0.1, -0.05) is 24.3 Å². The molecule has 0 saturated carbocycles. The van der Waals surface area contributed by atoms with Crippen molar-refractivity contribution in [1.82, 2.24) is 4.31 Å². The molecule has 0 aliphatic heterocycles. The number of aryl methyl sites for hydroxylation is 1. The molecule has 9 heteroatoms. The third-order valence-corrected chi connectivity index (χ3v) is 5.99. The second kappa shape index (κ2) is 7.69. The van der Waals surface area contributed by atoms with Crippen LogP contribution in [0.15, 0.2) is 47.4 Å². The molecular weight excluding hydrogens is 381 g/mol. The van der Waals surface area contributed by atoms with Crippen LogP contribution in [0.4, 0.5) is 18.9 Å². The minimum atomic E-state index is -4.83. The van der Waals surface area contributed by atoms with Crippen LogP contribution in [-0.2, 0) is 21.0 Å². The number of alkyl halides is 3. The fourth-order valence-electron chi connectivity index (χ4n) is 2.46. The van der Waals surface area contributed by atoms with Crippen molar-refractivity contribution in [2.75, 3.05) is 18.9 Å². The van der Waals surface area contributed by atoms with E-state index in [1.54, 1.807) is 19.1 Å². The van der Waals surface area contributed by atoms with Crippen molar-refractivity contribution < 1.29 is 26.4 Å². The fraction of sp³-hybridized carbons (Fsp3) is 0.278. The van der Waals surface area contributed by atoms with Gasteiger partial charge in [-0.15, -0.1) is 0 Å². The van der Waals surface area contributed by atoms with Crippen molar-refractivity contribution in [2.24, 2.45) is 0 Å². The van der Waals surface area contributed by atoms with Gasteiger partial charge in [0.25, 0.3) is 0 Å². The SMILES string of the molecule is Cc1cccc(NC(=O)CN(C)S(=O)(=O)c2ccccc2C(F)(F)F)c1C. The van der Waals surface area contributed by atoms with Crippen LogP contribution in [0.5, 0.6) is 0 Å². The summed E-state index contributed by atoms with van der Waals surface area (Å²) in [7, 11) is -3.45. The standard InChI is InChI=1S/C18H19F3N2O3S/c1-12-7-6-9-15(13(12)2)22-17(24)11-23(3)27(25,26)16-10-5-4-8-14(16)18(19,20)21/h4-10H,11H2,1-3H3,(H,22,24). The van der Waals surface area contributed by atoms with Crippen LogP contribution >= 0.6 is 0 Å². The molecule has 2 rings (SSSR count). The Morgan fingerprint density at radius 3 is 2.33 bits per heavy atom. The summed E-state index contributed by atoms with van der Waals surface area (Å²) in [6.45, 7) is 3.03. The first-order valence-electron chi connectivity index (χ1n) is 7.93. The van der Waals surface area contributed by atoms with E-state index in [4.69, 9.17) is 0 Å². The number of carbonyl (C=O) groups is 1. The maximum Gasteiger partial charge on any atom is 0.417 e. The minimum Gasteiger partial charge on any atom is -0.325 e. The van der Waals surface area contributed by atoms with Crippen molar-refractivity contribution in [3.63, 3.8) is 0 Å². The normalized spacial score (nSPS) is 12.3. The van der Waals surface area contributed by atoms with Crippen LogP contribution in [0.1, 0.15) is 16.7 Å². The number of hydrogen-bond donors (Lipinski definition) is 1. The number of hydrogen-bond acceptors (Lipinski definition) is 3. The molecule has 0 aliphatic carbocycles. The molecule has 1 N–H and O–H groups in total. The molecule has 0 heterocycles. The number of sulfonamides is 1. The molecule has 146 valence electrons. The Bertz CT molecular complexity index is 957. The Hall–Kier alpha value is -2.39. The quantitative estimate of drug-likeness (QED) is 0.834. The van der Waals surface area contributed by atoms with Gasteiger partial charge in [-0.2, -0.15) is 17.5 Å². The Labute approximate surface area is 155 Å². The number of halogens is 3. The van der Waals surface area contributed by atoms with Gasteiger partial charge in [-0.25, -0.2) is 8.42 Å². The lowest BCUT2D eigenvalue weighted by atomic mass is 10.1. The number of nitrogens with one attached hydrogen (secondary N) is 1. The molecule has 0 radical (unpaired) electrons. The summed E-state index contributed by atoms with van der Waals surface area (Å²) in [5, 5.41) is 2.58. The van der Waals surface area contributed by atoms with Crippen molar-refractivity contribution in [1.29, 1.82) is 0 Å². The minimum absolute atomic E-state index is 0.515. The number of nitrogens with zero attached hydrogens (tertiary/aromatic N) is 1. The topological polar surface area (TPSA) is 66.5 Å². The van der Waals surface area contributed by atoms with Gasteiger partial charge in [-0.05, 0) is 43.2 Å². The van der Waals surface area contributed by atoms with E-state index in [0.717, 1.165) is 30.3 Å². The summed E-state index contributed by atoms with van der Waals surface area (Å²) in [5.74, 6) is -0.653. The summed E-state index contributed by atoms with van der Waals surface area (Å²) in [4.78, 5) is 11.3. The highest BCUT2D eigenvalue weighted by Gasteiger charge is 2.38. The molecule has 0 aliphatic rings. The maximum absolute atomic E-state index is 13.1. The van der Waals surface area contributed by atoms with Crippen LogP contribution in [0.25, 0.3) is 0 Å². The van der Waals surface area contributed by atoms with Crippen LogP contribution in [0.2, 0.25) is 0 Å². The molecule has 0 atom stereocenters. The molecule has 2 aromatic rings. The van der Waals surface area contributed by atoms with Crippen LogP contribution < -0.4 is 5.32 Å². The lowest BCUT2D eigenvalue weighted by Crippen LogP contribution is -2.36. The van der Waals surface area contributed by atoms with Crippen molar-refractivity contribution in [3.8, 4) is 0 Å². The van der Waals surface area contributed by atoms with E-state index >= 15 is 0 Å². The highest BCUT2D eigenvalue weighted by molar-refractivity contribution is 7.89. The molecule has 1 amide bonds. The van der Waals surface area contributed by atoms with Crippen molar-refractivity contribution in [2.45, 2.75) is 24.9 Å². The zero-order valence-corrected chi connectivity index (χ0v) is 15.8. The molecular formula is C18H19F3N2O3S. The fourth-order valence-corrected chi connectivity index (χ4v) is 3.79. The van der Waals surface area contributed by atoms with E-state index in [2.05, 4.69) is 5.32 Å². The molecule has 0 bridgehead atoms. The molecule has 0 aromatic heterocycles. The average molecular weight is 400 g/mol. The Morgan fingerprint density at radius 1 is 1.07 bits per heavy atom. The predicted molar refractivity (Wildman–Crippen MR) is 95.8 cm³/mol. The number of likely N-dealkylation sites (N-methyl/N-ethyl adjacent to an activating group) is 1. The molecule has 5 nitrogen and oxygen atoms in total. The number of carbonyl (C=O) groups excluding carboxylic acids is 1. The number of benzene rings is 2. The molecule has 27 heavy (non-hydrogen) atoms. The van der Waals surface area contributed by atoms with Gasteiger partial charge >= 0.3 is 6.18 Å². The van der Waals surface area contributed by atoms with E-state index in [1.807, 2.05) is 13.0 Å². The van der Waals surface area contributed by atoms with Crippen molar-refractivity contribution >= 4 is 21.6 Å². The van der Waals surface area contributed by atoms with E-state index in [1.165, 1.54) is 6.07 Å². The number of anilines is 1. The van der Waals surface area contributed by atoms with Crippen molar-refractivity contribution in [3.05, 3.63) is 59.2 Å². The van der Waals surface area contributed by atoms with Gasteiger partial charge in [0.05, 0.1) is 17.0 Å². The lowest BCUT2D eigenvalue weighted by Gasteiger charge is -2.20. The van der Waals surface area contributed by atoms with Gasteiger partial charge < -0.3 is 5.32 Å². The summed E-state index contributed by atoms with van der Waals surface area (Å²) in [6.07, 6.45) is -4.83.